The minimum atomic E-state index is -0.625. The molecule has 0 spiro atoms. The van der Waals surface area contributed by atoms with Gasteiger partial charge in [0.1, 0.15) is 0 Å². The standard InChI is InChI=1S/C26H25BrN2O4/c1-15-22(25(30)32-4)24(18-10-7-11-21(27)12-18)23(16(2)28-15)26(31)33-17(3)29-13-19-8-5-6-9-20(19)14-29/h5-14,17,24,28H,1-4H3. The normalized spacial score (nSPS) is 17.1. The van der Waals surface area contributed by atoms with Crippen molar-refractivity contribution in [3.8, 4) is 0 Å². The van der Waals surface area contributed by atoms with Crippen molar-refractivity contribution in [2.75, 3.05) is 7.11 Å². The summed E-state index contributed by atoms with van der Waals surface area (Å²) in [6.07, 6.45) is 3.36. The Bertz CT molecular complexity index is 1270. The first kappa shape index (κ1) is 22.9. The first-order chi connectivity index (χ1) is 15.8. The molecule has 0 amide bonds. The average molecular weight is 509 g/mol. The highest BCUT2D eigenvalue weighted by atomic mass is 79.9. The Labute approximate surface area is 201 Å². The molecule has 2 heterocycles. The van der Waals surface area contributed by atoms with Gasteiger partial charge in [0.2, 0.25) is 0 Å². The molecule has 2 unspecified atom stereocenters. The number of benzene rings is 2. The van der Waals surface area contributed by atoms with E-state index in [1.165, 1.54) is 7.11 Å². The van der Waals surface area contributed by atoms with E-state index in [1.54, 1.807) is 6.92 Å². The van der Waals surface area contributed by atoms with Gasteiger partial charge in [-0.1, -0.05) is 52.3 Å². The van der Waals surface area contributed by atoms with Crippen molar-refractivity contribution in [1.29, 1.82) is 0 Å². The number of rotatable bonds is 5. The summed E-state index contributed by atoms with van der Waals surface area (Å²) in [6, 6.07) is 15.5. The lowest BCUT2D eigenvalue weighted by Crippen LogP contribution is -2.32. The van der Waals surface area contributed by atoms with Gasteiger partial charge < -0.3 is 19.4 Å². The lowest BCUT2D eigenvalue weighted by Gasteiger charge is -2.31. The molecule has 0 saturated heterocycles. The van der Waals surface area contributed by atoms with Crippen LogP contribution >= 0.6 is 15.9 Å². The second-order valence-corrected chi connectivity index (χ2v) is 8.94. The van der Waals surface area contributed by atoms with Crippen LogP contribution in [0.1, 0.15) is 38.5 Å². The van der Waals surface area contributed by atoms with E-state index in [2.05, 4.69) is 21.2 Å². The van der Waals surface area contributed by atoms with Crippen molar-refractivity contribution in [2.45, 2.75) is 32.9 Å². The Hall–Kier alpha value is -3.32. The smallest absolute Gasteiger partial charge is 0.338 e. The summed E-state index contributed by atoms with van der Waals surface area (Å²) < 4.78 is 13.7. The molecule has 0 saturated carbocycles. The Kier molecular flexibility index (Phi) is 6.42. The fourth-order valence-corrected chi connectivity index (χ4v) is 4.68. The van der Waals surface area contributed by atoms with Crippen molar-refractivity contribution in [1.82, 2.24) is 9.88 Å². The molecule has 0 radical (unpaired) electrons. The number of allylic oxidation sites excluding steroid dienone is 2. The van der Waals surface area contributed by atoms with E-state index >= 15 is 0 Å². The zero-order valence-electron chi connectivity index (χ0n) is 18.9. The van der Waals surface area contributed by atoms with Crippen LogP contribution in [0.5, 0.6) is 0 Å². The van der Waals surface area contributed by atoms with Crippen LogP contribution in [0.15, 0.2) is 87.9 Å². The van der Waals surface area contributed by atoms with E-state index in [0.29, 0.717) is 22.5 Å². The van der Waals surface area contributed by atoms with Gasteiger partial charge in [-0.05, 0) is 49.2 Å². The van der Waals surface area contributed by atoms with E-state index in [4.69, 9.17) is 9.47 Å². The van der Waals surface area contributed by atoms with Gasteiger partial charge in [0, 0.05) is 28.3 Å². The number of nitrogens with one attached hydrogen (secondary N) is 1. The van der Waals surface area contributed by atoms with Crippen molar-refractivity contribution in [2.24, 2.45) is 0 Å². The minimum Gasteiger partial charge on any atom is -0.466 e. The number of carbonyl (C=O) groups excluding carboxylic acids is 2. The van der Waals surface area contributed by atoms with Gasteiger partial charge in [0.25, 0.3) is 0 Å². The molecule has 3 aromatic rings. The first-order valence-electron chi connectivity index (χ1n) is 10.6. The summed E-state index contributed by atoms with van der Waals surface area (Å²) in [4.78, 5) is 26.3. The second kappa shape index (κ2) is 9.27. The highest BCUT2D eigenvalue weighted by Crippen LogP contribution is 2.40. The molecule has 4 rings (SSSR count). The summed E-state index contributed by atoms with van der Waals surface area (Å²) in [5.74, 6) is -1.61. The second-order valence-electron chi connectivity index (χ2n) is 8.02. The molecule has 7 heteroatoms. The van der Waals surface area contributed by atoms with Crippen LogP contribution in [0.2, 0.25) is 0 Å². The molecular formula is C26H25BrN2O4. The van der Waals surface area contributed by atoms with Crippen molar-refractivity contribution < 1.29 is 19.1 Å². The zero-order valence-corrected chi connectivity index (χ0v) is 20.5. The monoisotopic (exact) mass is 508 g/mol. The fourth-order valence-electron chi connectivity index (χ4n) is 4.26. The van der Waals surface area contributed by atoms with Gasteiger partial charge in [-0.15, -0.1) is 0 Å². The number of fused-ring (bicyclic) bond motifs is 1. The highest BCUT2D eigenvalue weighted by molar-refractivity contribution is 9.10. The van der Waals surface area contributed by atoms with Crippen LogP contribution in [-0.2, 0) is 19.1 Å². The number of hydrogen-bond donors (Lipinski definition) is 1. The first-order valence-corrected chi connectivity index (χ1v) is 11.4. The number of aromatic nitrogens is 1. The van der Waals surface area contributed by atoms with Crippen LogP contribution in [0, 0.1) is 0 Å². The lowest BCUT2D eigenvalue weighted by molar-refractivity contribution is -0.148. The van der Waals surface area contributed by atoms with E-state index in [0.717, 1.165) is 20.8 Å². The molecule has 1 aliphatic rings. The summed E-state index contributed by atoms with van der Waals surface area (Å²) in [6.45, 7) is 5.43. The Morgan fingerprint density at radius 1 is 0.970 bits per heavy atom. The molecule has 2 aromatic carbocycles. The SMILES string of the molecule is COC(=O)C1=C(C)NC(C)=C(C(=O)OC(C)n2cc3ccccc3c2)C1c1cccc(Br)c1. The highest BCUT2D eigenvalue weighted by Gasteiger charge is 2.38. The van der Waals surface area contributed by atoms with E-state index in [9.17, 15) is 9.59 Å². The summed E-state index contributed by atoms with van der Waals surface area (Å²) in [7, 11) is 1.34. The largest absolute Gasteiger partial charge is 0.466 e. The third-order valence-electron chi connectivity index (χ3n) is 5.84. The number of methoxy groups -OCH3 is 1. The molecule has 1 N–H and O–H groups in total. The maximum atomic E-state index is 13.5. The minimum absolute atomic E-state index is 0.377. The molecule has 2 atom stereocenters. The van der Waals surface area contributed by atoms with Crippen molar-refractivity contribution in [3.05, 3.63) is 93.5 Å². The van der Waals surface area contributed by atoms with Crippen LogP contribution in [0.25, 0.3) is 10.8 Å². The van der Waals surface area contributed by atoms with Crippen molar-refractivity contribution >= 4 is 38.6 Å². The fraction of sp³-hybridized carbons (Fsp3) is 0.231. The molecule has 1 aromatic heterocycles. The number of nitrogens with zero attached hydrogens (tertiary/aromatic N) is 1. The molecule has 170 valence electrons. The number of carbonyl (C=O) groups is 2. The molecule has 1 aliphatic heterocycles. The predicted octanol–water partition coefficient (Wildman–Crippen LogP) is 5.57. The number of halogens is 1. The number of esters is 2. The Morgan fingerprint density at radius 3 is 2.15 bits per heavy atom. The van der Waals surface area contributed by atoms with E-state index in [-0.39, 0.29) is 0 Å². The Balaban J connectivity index is 1.72. The van der Waals surface area contributed by atoms with Crippen LogP contribution in [-0.4, -0.2) is 23.6 Å². The van der Waals surface area contributed by atoms with E-state index in [1.807, 2.05) is 79.3 Å². The summed E-state index contributed by atoms with van der Waals surface area (Å²) in [5, 5.41) is 5.29. The van der Waals surface area contributed by atoms with Crippen LogP contribution in [0.3, 0.4) is 0 Å². The number of ether oxygens (including phenoxy) is 2. The number of dihydropyridines is 1. The molecular weight excluding hydrogens is 484 g/mol. The van der Waals surface area contributed by atoms with Gasteiger partial charge in [0.05, 0.1) is 24.2 Å². The van der Waals surface area contributed by atoms with Gasteiger partial charge in [-0.25, -0.2) is 9.59 Å². The van der Waals surface area contributed by atoms with Gasteiger partial charge in [-0.3, -0.25) is 0 Å². The average Bonchev–Trinajstić information content (AvgIpc) is 3.22. The van der Waals surface area contributed by atoms with Gasteiger partial charge in [0.15, 0.2) is 6.23 Å². The molecule has 0 bridgehead atoms. The van der Waals surface area contributed by atoms with Gasteiger partial charge in [-0.2, -0.15) is 0 Å². The maximum absolute atomic E-state index is 13.5. The zero-order chi connectivity index (χ0) is 23.7. The topological polar surface area (TPSA) is 69.6 Å². The molecule has 0 aliphatic carbocycles. The third kappa shape index (κ3) is 4.46. The van der Waals surface area contributed by atoms with Crippen molar-refractivity contribution in [3.63, 3.8) is 0 Å². The van der Waals surface area contributed by atoms with Crippen LogP contribution < -0.4 is 5.32 Å². The van der Waals surface area contributed by atoms with E-state index < -0.39 is 24.1 Å². The van der Waals surface area contributed by atoms with Gasteiger partial charge >= 0.3 is 11.9 Å². The molecule has 6 nitrogen and oxygen atoms in total. The summed E-state index contributed by atoms with van der Waals surface area (Å²) in [5.41, 5.74) is 2.83. The summed E-state index contributed by atoms with van der Waals surface area (Å²) >= 11 is 3.49. The van der Waals surface area contributed by atoms with Crippen LogP contribution in [0.4, 0.5) is 0 Å². The molecule has 33 heavy (non-hydrogen) atoms. The predicted molar refractivity (Wildman–Crippen MR) is 130 cm³/mol. The number of hydrogen-bond acceptors (Lipinski definition) is 5. The molecule has 0 fully saturated rings. The Morgan fingerprint density at radius 2 is 1.58 bits per heavy atom. The third-order valence-corrected chi connectivity index (χ3v) is 6.33. The lowest BCUT2D eigenvalue weighted by atomic mass is 9.80. The maximum Gasteiger partial charge on any atom is 0.338 e. The quantitative estimate of drug-likeness (QED) is 0.456.